The summed E-state index contributed by atoms with van der Waals surface area (Å²) >= 11 is 0. The van der Waals surface area contributed by atoms with Crippen LogP contribution in [0, 0.1) is 0 Å². The van der Waals surface area contributed by atoms with E-state index in [1.54, 1.807) is 31.4 Å². The van der Waals surface area contributed by atoms with Crippen molar-refractivity contribution in [2.75, 3.05) is 18.6 Å². The molecule has 1 unspecified atom stereocenters. The third-order valence-corrected chi connectivity index (χ3v) is 3.83. The first-order valence-corrected chi connectivity index (χ1v) is 7.72. The Bertz CT molecular complexity index is 682. The average molecular weight is 327 g/mol. The molecule has 24 heavy (non-hydrogen) atoms. The van der Waals surface area contributed by atoms with E-state index in [0.717, 1.165) is 11.3 Å². The highest BCUT2D eigenvalue weighted by Gasteiger charge is 2.21. The van der Waals surface area contributed by atoms with Crippen LogP contribution in [0.1, 0.15) is 24.8 Å². The van der Waals surface area contributed by atoms with Crippen LogP contribution < -0.4 is 9.64 Å². The maximum absolute atomic E-state index is 12.6. The number of hydrogen-bond acceptors (Lipinski definition) is 3. The molecule has 126 valence electrons. The number of carbonyl (C=O) groups excluding carboxylic acids is 1. The van der Waals surface area contributed by atoms with Gasteiger partial charge in [0, 0.05) is 12.1 Å². The van der Waals surface area contributed by atoms with E-state index in [4.69, 9.17) is 9.84 Å². The number of rotatable bonds is 7. The second-order valence-electron chi connectivity index (χ2n) is 5.59. The molecular formula is C19H21NO4. The second-order valence-corrected chi connectivity index (χ2v) is 5.59. The van der Waals surface area contributed by atoms with Gasteiger partial charge in [0.2, 0.25) is 5.91 Å². The minimum atomic E-state index is -1.04. The topological polar surface area (TPSA) is 66.8 Å². The van der Waals surface area contributed by atoms with Crippen LogP contribution in [0.5, 0.6) is 5.75 Å². The molecule has 0 saturated carbocycles. The number of nitrogens with zero attached hydrogens (tertiary/aromatic N) is 1. The Labute approximate surface area is 141 Å². The summed E-state index contributed by atoms with van der Waals surface area (Å²) in [6.45, 7) is 1.60. The van der Waals surface area contributed by atoms with Crippen LogP contribution in [-0.4, -0.2) is 30.6 Å². The van der Waals surface area contributed by atoms with Crippen LogP contribution in [0.4, 0.5) is 5.69 Å². The molecule has 0 heterocycles. The van der Waals surface area contributed by atoms with Crippen LogP contribution >= 0.6 is 0 Å². The molecule has 5 heteroatoms. The first-order chi connectivity index (χ1) is 11.5. The third kappa shape index (κ3) is 4.59. The predicted octanol–water partition coefficient (Wildman–Crippen LogP) is 3.31. The van der Waals surface area contributed by atoms with Crippen molar-refractivity contribution in [3.8, 4) is 5.75 Å². The lowest BCUT2D eigenvalue weighted by atomic mass is 9.97. The number of methoxy groups -OCH3 is 1. The van der Waals surface area contributed by atoms with Gasteiger partial charge >= 0.3 is 5.97 Å². The number of carbonyl (C=O) groups is 2. The van der Waals surface area contributed by atoms with E-state index in [1.807, 2.05) is 37.3 Å². The number of para-hydroxylation sites is 1. The van der Waals surface area contributed by atoms with Gasteiger partial charge in [0.15, 0.2) is 0 Å². The number of benzene rings is 2. The Morgan fingerprint density at radius 2 is 1.71 bits per heavy atom. The summed E-state index contributed by atoms with van der Waals surface area (Å²) in [6.07, 6.45) is 0.231. The zero-order chi connectivity index (χ0) is 17.5. The van der Waals surface area contributed by atoms with E-state index < -0.39 is 5.97 Å². The first kappa shape index (κ1) is 17.5. The summed E-state index contributed by atoms with van der Waals surface area (Å²) in [4.78, 5) is 25.0. The molecule has 2 rings (SSSR count). The number of aliphatic carboxylic acids is 1. The van der Waals surface area contributed by atoms with Gasteiger partial charge in [-0.3, -0.25) is 9.59 Å². The fraction of sp³-hybridized carbons (Fsp3) is 0.263. The lowest BCUT2D eigenvalue weighted by Gasteiger charge is -2.23. The summed E-state index contributed by atoms with van der Waals surface area (Å²) in [6, 6.07) is 16.4. The Morgan fingerprint density at radius 3 is 2.25 bits per heavy atom. The van der Waals surface area contributed by atoms with Crippen LogP contribution in [0.2, 0.25) is 0 Å². The number of carboxylic acids is 1. The Hall–Kier alpha value is -2.82. The molecule has 2 aromatic carbocycles. The fourth-order valence-electron chi connectivity index (χ4n) is 2.49. The Morgan fingerprint density at radius 1 is 1.08 bits per heavy atom. The maximum atomic E-state index is 12.6. The molecule has 0 aliphatic carbocycles. The Balaban J connectivity index is 2.12. The highest BCUT2D eigenvalue weighted by atomic mass is 16.5. The fourth-order valence-corrected chi connectivity index (χ4v) is 2.49. The standard InChI is InChI=1S/C19H21NO4/c1-14(15-8-10-17(24-2)11-9-15)12-18(21)20(13-19(22)23)16-6-4-3-5-7-16/h3-11,14H,12-13H2,1-2H3,(H,22,23). The van der Waals surface area contributed by atoms with Gasteiger partial charge in [-0.2, -0.15) is 0 Å². The van der Waals surface area contributed by atoms with Crippen molar-refractivity contribution >= 4 is 17.6 Å². The summed E-state index contributed by atoms with van der Waals surface area (Å²) in [5, 5.41) is 9.10. The number of amides is 1. The molecule has 5 nitrogen and oxygen atoms in total. The summed E-state index contributed by atoms with van der Waals surface area (Å²) in [5.74, 6) is -0.520. The smallest absolute Gasteiger partial charge is 0.323 e. The minimum Gasteiger partial charge on any atom is -0.497 e. The van der Waals surface area contributed by atoms with E-state index in [9.17, 15) is 9.59 Å². The molecule has 0 aliphatic heterocycles. The molecule has 2 aromatic rings. The van der Waals surface area contributed by atoms with E-state index in [2.05, 4.69) is 0 Å². The van der Waals surface area contributed by atoms with Crippen LogP contribution in [0.25, 0.3) is 0 Å². The molecule has 0 aromatic heterocycles. The molecule has 0 radical (unpaired) electrons. The molecule has 1 N–H and O–H groups in total. The SMILES string of the molecule is COc1ccc(C(C)CC(=O)N(CC(=O)O)c2ccccc2)cc1. The zero-order valence-electron chi connectivity index (χ0n) is 13.8. The van der Waals surface area contributed by atoms with Gasteiger partial charge in [0.1, 0.15) is 12.3 Å². The molecule has 0 spiro atoms. The lowest BCUT2D eigenvalue weighted by molar-refractivity contribution is -0.136. The largest absolute Gasteiger partial charge is 0.497 e. The number of hydrogen-bond donors (Lipinski definition) is 1. The summed E-state index contributed by atoms with van der Waals surface area (Å²) < 4.78 is 5.13. The van der Waals surface area contributed by atoms with Crippen molar-refractivity contribution in [3.63, 3.8) is 0 Å². The molecule has 0 bridgehead atoms. The van der Waals surface area contributed by atoms with Crippen LogP contribution in [-0.2, 0) is 9.59 Å². The van der Waals surface area contributed by atoms with Gasteiger partial charge in [0.25, 0.3) is 0 Å². The van der Waals surface area contributed by atoms with Crippen molar-refractivity contribution in [3.05, 3.63) is 60.2 Å². The van der Waals surface area contributed by atoms with Crippen molar-refractivity contribution in [2.24, 2.45) is 0 Å². The third-order valence-electron chi connectivity index (χ3n) is 3.83. The predicted molar refractivity (Wildman–Crippen MR) is 92.5 cm³/mol. The molecule has 1 amide bonds. The van der Waals surface area contributed by atoms with Crippen molar-refractivity contribution in [1.82, 2.24) is 0 Å². The number of ether oxygens (including phenoxy) is 1. The minimum absolute atomic E-state index is 0.0246. The second kappa shape index (κ2) is 8.15. The van der Waals surface area contributed by atoms with Crippen LogP contribution in [0.3, 0.4) is 0 Å². The van der Waals surface area contributed by atoms with Crippen molar-refractivity contribution in [2.45, 2.75) is 19.3 Å². The molecular weight excluding hydrogens is 306 g/mol. The van der Waals surface area contributed by atoms with Gasteiger partial charge in [0.05, 0.1) is 7.11 Å². The first-order valence-electron chi connectivity index (χ1n) is 7.72. The van der Waals surface area contributed by atoms with Crippen LogP contribution in [0.15, 0.2) is 54.6 Å². The van der Waals surface area contributed by atoms with E-state index in [-0.39, 0.29) is 24.8 Å². The van der Waals surface area contributed by atoms with Gasteiger partial charge in [-0.15, -0.1) is 0 Å². The van der Waals surface area contributed by atoms with Crippen molar-refractivity contribution < 1.29 is 19.4 Å². The highest BCUT2D eigenvalue weighted by molar-refractivity contribution is 5.97. The maximum Gasteiger partial charge on any atom is 0.323 e. The van der Waals surface area contributed by atoms with E-state index >= 15 is 0 Å². The van der Waals surface area contributed by atoms with Gasteiger partial charge < -0.3 is 14.7 Å². The summed E-state index contributed by atoms with van der Waals surface area (Å²) in [7, 11) is 1.60. The lowest BCUT2D eigenvalue weighted by Crippen LogP contribution is -2.36. The number of anilines is 1. The van der Waals surface area contributed by atoms with E-state index in [0.29, 0.717) is 5.69 Å². The molecule has 0 aliphatic rings. The van der Waals surface area contributed by atoms with Crippen molar-refractivity contribution in [1.29, 1.82) is 0 Å². The highest BCUT2D eigenvalue weighted by Crippen LogP contribution is 2.24. The zero-order valence-corrected chi connectivity index (χ0v) is 13.8. The molecule has 0 saturated heterocycles. The normalized spacial score (nSPS) is 11.6. The van der Waals surface area contributed by atoms with Gasteiger partial charge in [-0.1, -0.05) is 37.3 Å². The quantitative estimate of drug-likeness (QED) is 0.847. The van der Waals surface area contributed by atoms with Gasteiger partial charge in [-0.25, -0.2) is 0 Å². The molecule has 1 atom stereocenters. The molecule has 0 fully saturated rings. The van der Waals surface area contributed by atoms with E-state index in [1.165, 1.54) is 4.90 Å². The summed E-state index contributed by atoms with van der Waals surface area (Å²) in [5.41, 5.74) is 1.60. The van der Waals surface area contributed by atoms with Gasteiger partial charge in [-0.05, 0) is 35.7 Å². The Kier molecular flexibility index (Phi) is 5.95. The average Bonchev–Trinajstić information content (AvgIpc) is 2.60. The monoisotopic (exact) mass is 327 g/mol. The number of carboxylic acid groups (broad SMARTS) is 1.